The van der Waals surface area contributed by atoms with Crippen molar-refractivity contribution in [1.82, 2.24) is 14.9 Å². The monoisotopic (exact) mass is 411 g/mol. The number of pyridine rings is 2. The predicted octanol–water partition coefficient (Wildman–Crippen LogP) is 2.43. The number of nitrogens with zero attached hydrogens (tertiary/aromatic N) is 2. The van der Waals surface area contributed by atoms with Gasteiger partial charge in [0, 0.05) is 18.9 Å². The average Bonchev–Trinajstić information content (AvgIpc) is 2.71. The molecule has 7 nitrogen and oxygen atoms in total. The van der Waals surface area contributed by atoms with Gasteiger partial charge in [-0.2, -0.15) is 0 Å². The number of allylic oxidation sites excluding steroid dienone is 1. The van der Waals surface area contributed by atoms with Crippen molar-refractivity contribution in [2.24, 2.45) is 0 Å². The van der Waals surface area contributed by atoms with Gasteiger partial charge in [0.25, 0.3) is 11.5 Å². The zero-order valence-corrected chi connectivity index (χ0v) is 16.6. The molecule has 0 aliphatic rings. The maximum atomic E-state index is 13.1. The van der Waals surface area contributed by atoms with Gasteiger partial charge in [-0.15, -0.1) is 0 Å². The Bertz CT molecular complexity index is 1180. The van der Waals surface area contributed by atoms with E-state index in [2.05, 4.69) is 10.3 Å². The summed E-state index contributed by atoms with van der Waals surface area (Å²) in [5.41, 5.74) is 1.72. The van der Waals surface area contributed by atoms with E-state index >= 15 is 0 Å². The van der Waals surface area contributed by atoms with Gasteiger partial charge >= 0.3 is 0 Å². The highest BCUT2D eigenvalue weighted by Crippen LogP contribution is 2.26. The standard InChI is InChI=1S/C22H22FN3O4/c1-13(2)12-26-17-10-15(9-14-3-5-16(23)6-4-14)11-25-19(17)20(28)18(22(26)30)21(29)24-7-8-27/h3-6,10-12,27-28H,7-9H2,1-2H3,(H,24,29). The van der Waals surface area contributed by atoms with Crippen molar-refractivity contribution >= 4 is 23.1 Å². The molecule has 0 aliphatic heterocycles. The molecule has 8 heteroatoms. The van der Waals surface area contributed by atoms with E-state index in [1.54, 1.807) is 38.2 Å². The smallest absolute Gasteiger partial charge is 0.271 e. The Labute approximate surface area is 172 Å². The van der Waals surface area contributed by atoms with E-state index in [1.165, 1.54) is 22.9 Å². The average molecular weight is 411 g/mol. The molecule has 0 fully saturated rings. The number of aromatic nitrogens is 2. The summed E-state index contributed by atoms with van der Waals surface area (Å²) in [7, 11) is 0. The number of aliphatic hydroxyl groups is 1. The Morgan fingerprint density at radius 3 is 2.57 bits per heavy atom. The van der Waals surface area contributed by atoms with Crippen molar-refractivity contribution in [2.75, 3.05) is 13.2 Å². The fourth-order valence-corrected chi connectivity index (χ4v) is 3.09. The Kier molecular flexibility index (Phi) is 6.27. The van der Waals surface area contributed by atoms with Gasteiger partial charge in [-0.05, 0) is 49.6 Å². The Morgan fingerprint density at radius 1 is 1.23 bits per heavy atom. The van der Waals surface area contributed by atoms with Gasteiger partial charge in [-0.25, -0.2) is 4.39 Å². The minimum Gasteiger partial charge on any atom is -0.505 e. The molecule has 1 aromatic carbocycles. The number of rotatable bonds is 6. The molecule has 1 amide bonds. The van der Waals surface area contributed by atoms with Gasteiger partial charge in [0.05, 0.1) is 12.1 Å². The van der Waals surface area contributed by atoms with Crippen LogP contribution in [0.15, 0.2) is 46.9 Å². The van der Waals surface area contributed by atoms with Gasteiger partial charge in [0.2, 0.25) is 0 Å². The molecule has 3 aromatic rings. The number of hydrogen-bond donors (Lipinski definition) is 3. The molecule has 0 bridgehead atoms. The molecule has 156 valence electrons. The first-order valence-corrected chi connectivity index (χ1v) is 9.36. The minimum atomic E-state index is -0.790. The minimum absolute atomic E-state index is 0.0531. The van der Waals surface area contributed by atoms with E-state index in [-0.39, 0.29) is 24.5 Å². The van der Waals surface area contributed by atoms with Crippen LogP contribution in [0.5, 0.6) is 5.75 Å². The van der Waals surface area contributed by atoms with Crippen LogP contribution < -0.4 is 10.9 Å². The summed E-state index contributed by atoms with van der Waals surface area (Å²) in [6.07, 6.45) is 3.56. The number of fused-ring (bicyclic) bond motifs is 1. The normalized spacial score (nSPS) is 10.8. The highest BCUT2D eigenvalue weighted by Gasteiger charge is 2.22. The summed E-state index contributed by atoms with van der Waals surface area (Å²) in [5.74, 6) is -1.64. The molecule has 0 unspecified atom stereocenters. The lowest BCUT2D eigenvalue weighted by atomic mass is 10.1. The largest absolute Gasteiger partial charge is 0.505 e. The molecule has 0 radical (unpaired) electrons. The molecule has 0 spiro atoms. The highest BCUT2D eigenvalue weighted by molar-refractivity contribution is 6.01. The van der Waals surface area contributed by atoms with Crippen LogP contribution in [-0.2, 0) is 6.42 Å². The molecule has 2 aromatic heterocycles. The first-order valence-electron chi connectivity index (χ1n) is 9.36. The quantitative estimate of drug-likeness (QED) is 0.578. The van der Waals surface area contributed by atoms with Gasteiger partial charge in [0.1, 0.15) is 16.9 Å². The van der Waals surface area contributed by atoms with Crippen molar-refractivity contribution in [1.29, 1.82) is 0 Å². The second-order valence-electron chi connectivity index (χ2n) is 7.10. The topological polar surface area (TPSA) is 104 Å². The van der Waals surface area contributed by atoms with Crippen LogP contribution in [0, 0.1) is 5.82 Å². The maximum Gasteiger partial charge on any atom is 0.271 e. The van der Waals surface area contributed by atoms with Gasteiger partial charge < -0.3 is 15.5 Å². The van der Waals surface area contributed by atoms with Crippen LogP contribution in [0.4, 0.5) is 4.39 Å². The van der Waals surface area contributed by atoms with Gasteiger partial charge in [0.15, 0.2) is 5.75 Å². The third-order valence-electron chi connectivity index (χ3n) is 4.41. The molecule has 0 aliphatic carbocycles. The van der Waals surface area contributed by atoms with Crippen molar-refractivity contribution in [3.05, 3.63) is 75.0 Å². The number of nitrogens with one attached hydrogen (secondary N) is 1. The zero-order valence-electron chi connectivity index (χ0n) is 16.6. The van der Waals surface area contributed by atoms with Crippen LogP contribution in [0.3, 0.4) is 0 Å². The van der Waals surface area contributed by atoms with Gasteiger partial charge in [-0.3, -0.25) is 19.1 Å². The van der Waals surface area contributed by atoms with Crippen LogP contribution >= 0.6 is 0 Å². The molecule has 0 saturated heterocycles. The number of aromatic hydroxyl groups is 1. The van der Waals surface area contributed by atoms with Crippen LogP contribution in [-0.4, -0.2) is 38.8 Å². The SMILES string of the molecule is CC(C)=Cn1c(=O)c(C(=O)NCCO)c(O)c2ncc(Cc3ccc(F)cc3)cc21. The molecule has 0 saturated carbocycles. The van der Waals surface area contributed by atoms with E-state index in [4.69, 9.17) is 5.11 Å². The first kappa shape index (κ1) is 21.2. The zero-order chi connectivity index (χ0) is 21.8. The number of aliphatic hydroxyl groups excluding tert-OH is 1. The molecule has 0 atom stereocenters. The fourth-order valence-electron chi connectivity index (χ4n) is 3.09. The number of hydrogen-bond acceptors (Lipinski definition) is 5. The predicted molar refractivity (Wildman–Crippen MR) is 112 cm³/mol. The lowest BCUT2D eigenvalue weighted by Crippen LogP contribution is -2.33. The summed E-state index contributed by atoms with van der Waals surface area (Å²) in [4.78, 5) is 29.7. The van der Waals surface area contributed by atoms with Crippen molar-refractivity contribution in [3.8, 4) is 5.75 Å². The number of amides is 1. The van der Waals surface area contributed by atoms with Crippen molar-refractivity contribution in [3.63, 3.8) is 0 Å². The summed E-state index contributed by atoms with van der Waals surface area (Å²) >= 11 is 0. The molecular formula is C22H22FN3O4. The second kappa shape index (κ2) is 8.87. The maximum absolute atomic E-state index is 13.1. The van der Waals surface area contributed by atoms with E-state index in [1.807, 2.05) is 0 Å². The second-order valence-corrected chi connectivity index (χ2v) is 7.10. The lowest BCUT2D eigenvalue weighted by molar-refractivity contribution is 0.0940. The summed E-state index contributed by atoms with van der Waals surface area (Å²) in [6.45, 7) is 3.24. The Hall–Kier alpha value is -3.52. The van der Waals surface area contributed by atoms with E-state index in [9.17, 15) is 19.1 Å². The summed E-state index contributed by atoms with van der Waals surface area (Å²) in [5, 5.41) is 21.9. The van der Waals surface area contributed by atoms with Crippen LogP contribution in [0.2, 0.25) is 0 Å². The third kappa shape index (κ3) is 4.38. The third-order valence-corrected chi connectivity index (χ3v) is 4.41. The molecular weight excluding hydrogens is 389 g/mol. The number of carbonyl (C=O) groups is 1. The summed E-state index contributed by atoms with van der Waals surface area (Å²) in [6, 6.07) is 7.77. The van der Waals surface area contributed by atoms with E-state index in [0.717, 1.165) is 16.7 Å². The van der Waals surface area contributed by atoms with Crippen molar-refractivity contribution in [2.45, 2.75) is 20.3 Å². The van der Waals surface area contributed by atoms with Gasteiger partial charge in [-0.1, -0.05) is 17.7 Å². The van der Waals surface area contributed by atoms with E-state index in [0.29, 0.717) is 11.9 Å². The van der Waals surface area contributed by atoms with Crippen LogP contribution in [0.25, 0.3) is 17.2 Å². The fraction of sp³-hybridized carbons (Fsp3) is 0.227. The number of halogens is 1. The molecule has 30 heavy (non-hydrogen) atoms. The van der Waals surface area contributed by atoms with Crippen LogP contribution in [0.1, 0.15) is 35.3 Å². The molecule has 3 rings (SSSR count). The Balaban J connectivity index is 2.18. The first-order chi connectivity index (χ1) is 14.3. The molecule has 3 N–H and O–H groups in total. The lowest BCUT2D eigenvalue weighted by Gasteiger charge is -2.13. The van der Waals surface area contributed by atoms with Crippen molar-refractivity contribution < 1.29 is 19.4 Å². The number of carbonyl (C=O) groups excluding carboxylic acids is 1. The molecule has 2 heterocycles. The summed E-state index contributed by atoms with van der Waals surface area (Å²) < 4.78 is 14.4. The Morgan fingerprint density at radius 2 is 1.93 bits per heavy atom. The number of benzene rings is 1. The highest BCUT2D eigenvalue weighted by atomic mass is 19.1. The van der Waals surface area contributed by atoms with E-state index < -0.39 is 22.8 Å².